The van der Waals surface area contributed by atoms with E-state index in [0.29, 0.717) is 5.82 Å². The molecule has 1 atom stereocenters. The molecule has 1 N–H and O–H groups in total. The summed E-state index contributed by atoms with van der Waals surface area (Å²) in [6, 6.07) is 2.66. The maximum absolute atomic E-state index is 12.4. The molecule has 1 aromatic rings. The molecule has 1 aromatic heterocycles. The number of nitrogens with one attached hydrogen (secondary N) is 1. The topological polar surface area (TPSA) is 24.9 Å². The lowest BCUT2D eigenvalue weighted by Crippen LogP contribution is -2.16. The zero-order valence-corrected chi connectivity index (χ0v) is 11.4. The second-order valence-electron chi connectivity index (χ2n) is 4.82. The van der Waals surface area contributed by atoms with Gasteiger partial charge in [-0.2, -0.15) is 13.2 Å². The largest absolute Gasteiger partial charge is 0.417 e. The highest BCUT2D eigenvalue weighted by Crippen LogP contribution is 2.28. The molecule has 1 unspecified atom stereocenters. The van der Waals surface area contributed by atoms with Crippen LogP contribution < -0.4 is 5.32 Å². The third kappa shape index (κ3) is 5.94. The van der Waals surface area contributed by atoms with Crippen LogP contribution in [0.1, 0.15) is 51.5 Å². The highest BCUT2D eigenvalue weighted by atomic mass is 19.4. The maximum Gasteiger partial charge on any atom is 0.417 e. The Hall–Kier alpha value is -1.26. The van der Waals surface area contributed by atoms with Gasteiger partial charge in [-0.1, -0.05) is 32.6 Å². The number of halogens is 3. The molecule has 0 amide bonds. The molecule has 0 bridgehead atoms. The molecular weight excluding hydrogens is 253 g/mol. The maximum atomic E-state index is 12.4. The molecule has 2 nitrogen and oxygen atoms in total. The molecule has 0 spiro atoms. The van der Waals surface area contributed by atoms with Crippen LogP contribution in [0.3, 0.4) is 0 Å². The number of hydrogen-bond donors (Lipinski definition) is 1. The number of nitrogens with zero attached hydrogens (tertiary/aromatic N) is 1. The minimum Gasteiger partial charge on any atom is -0.368 e. The summed E-state index contributed by atoms with van der Waals surface area (Å²) < 4.78 is 37.1. The van der Waals surface area contributed by atoms with Crippen molar-refractivity contribution in [2.45, 2.75) is 58.2 Å². The van der Waals surface area contributed by atoms with E-state index >= 15 is 0 Å². The van der Waals surface area contributed by atoms with Gasteiger partial charge in [0.05, 0.1) is 5.56 Å². The van der Waals surface area contributed by atoms with Crippen molar-refractivity contribution in [3.8, 4) is 0 Å². The van der Waals surface area contributed by atoms with E-state index in [0.717, 1.165) is 25.1 Å². The van der Waals surface area contributed by atoms with Gasteiger partial charge in [0.2, 0.25) is 0 Å². The van der Waals surface area contributed by atoms with Crippen LogP contribution in [0, 0.1) is 0 Å². The highest BCUT2D eigenvalue weighted by Gasteiger charge is 2.30. The lowest BCUT2D eigenvalue weighted by Gasteiger charge is -2.15. The van der Waals surface area contributed by atoms with Crippen LogP contribution in [0.2, 0.25) is 0 Å². The zero-order chi connectivity index (χ0) is 14.3. The third-order valence-corrected chi connectivity index (χ3v) is 2.98. The summed E-state index contributed by atoms with van der Waals surface area (Å²) in [6.07, 6.45) is 2.30. The minimum atomic E-state index is -4.32. The van der Waals surface area contributed by atoms with Crippen LogP contribution >= 0.6 is 0 Å². The van der Waals surface area contributed by atoms with Gasteiger partial charge in [0, 0.05) is 12.2 Å². The Morgan fingerprint density at radius 3 is 2.47 bits per heavy atom. The Kier molecular flexibility index (Phi) is 6.12. The predicted molar refractivity (Wildman–Crippen MR) is 71.1 cm³/mol. The van der Waals surface area contributed by atoms with Crippen LogP contribution in [-0.2, 0) is 6.18 Å². The minimum absolute atomic E-state index is 0.223. The first-order valence-electron chi connectivity index (χ1n) is 6.73. The smallest absolute Gasteiger partial charge is 0.368 e. The van der Waals surface area contributed by atoms with Gasteiger partial charge in [0.25, 0.3) is 0 Å². The van der Waals surface area contributed by atoms with Crippen LogP contribution in [0.5, 0.6) is 0 Å². The van der Waals surface area contributed by atoms with Crippen LogP contribution in [-0.4, -0.2) is 11.0 Å². The van der Waals surface area contributed by atoms with Gasteiger partial charge in [0.1, 0.15) is 5.82 Å². The SMILES string of the molecule is CCCCCCC(C)Nc1ccc(C(F)(F)F)cn1. The van der Waals surface area contributed by atoms with Gasteiger partial charge in [-0.3, -0.25) is 0 Å². The fourth-order valence-corrected chi connectivity index (χ4v) is 1.85. The van der Waals surface area contributed by atoms with Gasteiger partial charge >= 0.3 is 6.18 Å². The summed E-state index contributed by atoms with van der Waals surface area (Å²) in [6.45, 7) is 4.18. The molecule has 0 aromatic carbocycles. The Morgan fingerprint density at radius 2 is 1.95 bits per heavy atom. The number of aromatic nitrogens is 1. The summed E-state index contributed by atoms with van der Waals surface area (Å²) in [5.41, 5.74) is -0.714. The molecule has 0 saturated carbocycles. The average molecular weight is 274 g/mol. The van der Waals surface area contributed by atoms with Gasteiger partial charge < -0.3 is 5.32 Å². The number of hydrogen-bond acceptors (Lipinski definition) is 2. The van der Waals surface area contributed by atoms with Crippen molar-refractivity contribution < 1.29 is 13.2 Å². The quantitative estimate of drug-likeness (QED) is 0.717. The van der Waals surface area contributed by atoms with Crippen molar-refractivity contribution in [1.29, 1.82) is 0 Å². The van der Waals surface area contributed by atoms with Crippen molar-refractivity contribution in [1.82, 2.24) is 4.98 Å². The van der Waals surface area contributed by atoms with E-state index in [1.165, 1.54) is 25.3 Å². The molecule has 0 aliphatic carbocycles. The Labute approximate surface area is 112 Å². The molecule has 19 heavy (non-hydrogen) atoms. The Morgan fingerprint density at radius 1 is 1.21 bits per heavy atom. The van der Waals surface area contributed by atoms with Crippen molar-refractivity contribution in [2.75, 3.05) is 5.32 Å². The molecule has 0 saturated heterocycles. The second-order valence-corrected chi connectivity index (χ2v) is 4.82. The molecule has 0 fully saturated rings. The van der Waals surface area contributed by atoms with Crippen molar-refractivity contribution in [3.05, 3.63) is 23.9 Å². The van der Waals surface area contributed by atoms with E-state index in [1.54, 1.807) is 0 Å². The standard InChI is InChI=1S/C14H21F3N2/c1-3-4-5-6-7-11(2)19-13-9-8-12(10-18-13)14(15,16)17/h8-11H,3-7H2,1-2H3,(H,18,19). The van der Waals surface area contributed by atoms with E-state index in [1.807, 2.05) is 6.92 Å². The van der Waals surface area contributed by atoms with Gasteiger partial charge in [-0.25, -0.2) is 4.98 Å². The summed E-state index contributed by atoms with van der Waals surface area (Å²) in [4.78, 5) is 3.80. The van der Waals surface area contributed by atoms with Crippen molar-refractivity contribution >= 4 is 5.82 Å². The molecule has 5 heteroatoms. The normalized spacial score (nSPS) is 13.3. The highest BCUT2D eigenvalue weighted by molar-refractivity contribution is 5.36. The van der Waals surface area contributed by atoms with E-state index in [2.05, 4.69) is 17.2 Å². The number of pyridine rings is 1. The van der Waals surface area contributed by atoms with Crippen molar-refractivity contribution in [3.63, 3.8) is 0 Å². The molecule has 1 heterocycles. The van der Waals surface area contributed by atoms with Crippen LogP contribution in [0.25, 0.3) is 0 Å². The summed E-state index contributed by atoms with van der Waals surface area (Å²) in [5.74, 6) is 0.496. The predicted octanol–water partition coefficient (Wildman–Crippen LogP) is 4.87. The van der Waals surface area contributed by atoms with Crippen molar-refractivity contribution in [2.24, 2.45) is 0 Å². The second kappa shape index (κ2) is 7.36. The van der Waals surface area contributed by atoms with E-state index in [4.69, 9.17) is 0 Å². The summed E-state index contributed by atoms with van der Waals surface area (Å²) in [7, 11) is 0. The first kappa shape index (κ1) is 15.8. The molecular formula is C14H21F3N2. The van der Waals surface area contributed by atoms with Crippen LogP contribution in [0.15, 0.2) is 18.3 Å². The Balaban J connectivity index is 2.40. The van der Waals surface area contributed by atoms with E-state index in [9.17, 15) is 13.2 Å². The molecule has 0 radical (unpaired) electrons. The summed E-state index contributed by atoms with van der Waals surface area (Å²) >= 11 is 0. The molecule has 108 valence electrons. The molecule has 0 aliphatic heterocycles. The first-order valence-corrected chi connectivity index (χ1v) is 6.73. The van der Waals surface area contributed by atoms with Crippen LogP contribution in [0.4, 0.5) is 19.0 Å². The van der Waals surface area contributed by atoms with Gasteiger partial charge in [-0.05, 0) is 25.5 Å². The molecule has 1 rings (SSSR count). The first-order chi connectivity index (χ1) is 8.93. The van der Waals surface area contributed by atoms with Gasteiger partial charge in [0.15, 0.2) is 0 Å². The van der Waals surface area contributed by atoms with E-state index < -0.39 is 11.7 Å². The monoisotopic (exact) mass is 274 g/mol. The number of unbranched alkanes of at least 4 members (excludes halogenated alkanes) is 3. The zero-order valence-electron chi connectivity index (χ0n) is 11.4. The van der Waals surface area contributed by atoms with E-state index in [-0.39, 0.29) is 6.04 Å². The third-order valence-electron chi connectivity index (χ3n) is 2.98. The fourth-order valence-electron chi connectivity index (χ4n) is 1.85. The lowest BCUT2D eigenvalue weighted by molar-refractivity contribution is -0.137. The average Bonchev–Trinajstić information content (AvgIpc) is 2.34. The lowest BCUT2D eigenvalue weighted by atomic mass is 10.1. The fraction of sp³-hybridized carbons (Fsp3) is 0.643. The number of rotatable bonds is 7. The summed E-state index contributed by atoms with van der Waals surface area (Å²) in [5, 5.41) is 3.12. The van der Waals surface area contributed by atoms with Gasteiger partial charge in [-0.15, -0.1) is 0 Å². The number of alkyl halides is 3. The Bertz CT molecular complexity index is 360. The number of anilines is 1. The molecule has 0 aliphatic rings.